The Bertz CT molecular complexity index is 1740. The minimum absolute atomic E-state index is 0. The van der Waals surface area contributed by atoms with Crippen LogP contribution in [0.25, 0.3) is 21.1 Å². The summed E-state index contributed by atoms with van der Waals surface area (Å²) >= 11 is 2.45. The number of alkyl halides is 6. The van der Waals surface area contributed by atoms with Crippen LogP contribution in [-0.4, -0.2) is 107 Å². The van der Waals surface area contributed by atoms with Crippen LogP contribution in [0.4, 0.5) is 26.3 Å². The number of hydrogen-bond donors (Lipinski definition) is 1. The van der Waals surface area contributed by atoms with E-state index in [4.69, 9.17) is 14.2 Å². The summed E-state index contributed by atoms with van der Waals surface area (Å²) in [6.45, 7) is 8.55. The van der Waals surface area contributed by atoms with E-state index in [0.29, 0.717) is 71.2 Å². The average Bonchev–Trinajstić information content (AvgIpc) is 3.73. The molecule has 0 aliphatic carbocycles. The first kappa shape index (κ1) is 45.1. The molecular weight excluding hydrogens is 756 g/mol. The van der Waals surface area contributed by atoms with Gasteiger partial charge in [-0.15, -0.1) is 22.7 Å². The molecule has 0 bridgehead atoms. The maximum absolute atomic E-state index is 12.8. The van der Waals surface area contributed by atoms with Crippen molar-refractivity contribution in [2.75, 3.05) is 59.2 Å². The van der Waals surface area contributed by atoms with E-state index >= 15 is 0 Å². The van der Waals surface area contributed by atoms with E-state index in [0.717, 1.165) is 72.4 Å². The minimum atomic E-state index is -4.39. The Labute approximate surface area is 335 Å². The number of aromatic nitrogens is 2. The van der Waals surface area contributed by atoms with Crippen LogP contribution >= 0.6 is 22.7 Å². The number of carbonyl (C=O) groups excluding carboxylic acids is 1. The Balaban J connectivity index is 0.000000356. The van der Waals surface area contributed by atoms with Gasteiger partial charge in [0.15, 0.2) is 17.4 Å². The Morgan fingerprint density at radius 2 is 1.19 bits per heavy atom. The first-order valence-electron chi connectivity index (χ1n) is 16.1. The summed E-state index contributed by atoms with van der Waals surface area (Å²) in [4.78, 5) is 26.8. The van der Waals surface area contributed by atoms with E-state index in [1.165, 1.54) is 35.6 Å². The molecule has 6 rings (SSSR count). The van der Waals surface area contributed by atoms with Crippen LogP contribution in [-0.2, 0) is 46.3 Å². The third kappa shape index (κ3) is 12.6. The van der Waals surface area contributed by atoms with Crippen molar-refractivity contribution in [2.45, 2.75) is 39.0 Å². The van der Waals surface area contributed by atoms with Crippen molar-refractivity contribution in [3.63, 3.8) is 0 Å². The van der Waals surface area contributed by atoms with Crippen molar-refractivity contribution >= 4 is 46.0 Å². The second kappa shape index (κ2) is 20.6. The summed E-state index contributed by atoms with van der Waals surface area (Å²) in [6.07, 6.45) is -8.74. The third-order valence-electron chi connectivity index (χ3n) is 7.95. The monoisotopic (exact) mass is 796 g/mol. The van der Waals surface area contributed by atoms with E-state index in [9.17, 15) is 36.2 Å². The molecule has 53 heavy (non-hydrogen) atoms. The predicted octanol–water partition coefficient (Wildman–Crippen LogP) is 2.92. The van der Waals surface area contributed by atoms with E-state index in [2.05, 4.69) is 19.8 Å². The average molecular weight is 797 g/mol. The number of hydrogen-bond acceptors (Lipinski definition) is 11. The largest absolute Gasteiger partial charge is 1.00 e. The van der Waals surface area contributed by atoms with E-state index in [1.54, 1.807) is 6.92 Å². The molecule has 4 aromatic rings. The summed E-state index contributed by atoms with van der Waals surface area (Å²) in [5.41, 5.74) is 1.11. The zero-order valence-corrected chi connectivity index (χ0v) is 30.2. The summed E-state index contributed by atoms with van der Waals surface area (Å²) in [7, 11) is 0. The standard InChI is InChI=1S/C18H19F3N2O3S.C16H17F3N2O2S.Al.Li.4H/c1-2-26-17(24)15-14(11-23-7-9-25-10-8-23)22-16(27-15)12-3-5-13(6-4-12)18(19,20)21;17-16(18,19)12-3-1-11(2-4-12)15-20-13(14(10-22)24-15)9-21-5-7-23-8-6-21;;;;;;/h3-6H,2,7-11H2,1H3;1-4,22H,5-10H2;;;;;;/q;;;+1;;;;-1. The van der Waals surface area contributed by atoms with Crippen LogP contribution in [0.3, 0.4) is 0 Å². The maximum Gasteiger partial charge on any atom is 1.00 e. The Morgan fingerprint density at radius 1 is 0.774 bits per heavy atom. The number of ether oxygens (including phenoxy) is 3. The van der Waals surface area contributed by atoms with Gasteiger partial charge in [0.25, 0.3) is 0 Å². The number of aliphatic hydroxyl groups excluding tert-OH is 1. The van der Waals surface area contributed by atoms with Gasteiger partial charge in [-0.2, -0.15) is 26.3 Å². The zero-order valence-electron chi connectivity index (χ0n) is 29.6. The van der Waals surface area contributed by atoms with E-state index in [1.807, 2.05) is 0 Å². The first-order valence-corrected chi connectivity index (χ1v) is 17.7. The molecule has 2 aliphatic heterocycles. The molecular formula is C34H40AlF6LiN4O5S2. The van der Waals surface area contributed by atoms with Crippen molar-refractivity contribution in [3.05, 3.63) is 80.8 Å². The van der Waals surface area contributed by atoms with Gasteiger partial charge in [0.05, 0.1) is 67.0 Å². The Hall–Kier alpha value is -2.32. The van der Waals surface area contributed by atoms with Crippen LogP contribution in [0.1, 0.15) is 45.4 Å². The molecule has 9 nitrogen and oxygen atoms in total. The molecule has 2 fully saturated rings. The molecule has 284 valence electrons. The second-order valence-electron chi connectivity index (χ2n) is 11.5. The number of thiazole rings is 2. The fourth-order valence-corrected chi connectivity index (χ4v) is 7.15. The topological polar surface area (TPSA) is 97.2 Å². The fourth-order valence-electron chi connectivity index (χ4n) is 5.24. The zero-order chi connectivity index (χ0) is 36.6. The molecule has 2 aromatic carbocycles. The van der Waals surface area contributed by atoms with Gasteiger partial charge in [-0.1, -0.05) is 24.3 Å². The van der Waals surface area contributed by atoms with Gasteiger partial charge in [0.1, 0.15) is 14.9 Å². The number of rotatable bonds is 9. The molecule has 0 unspecified atom stereocenters. The molecule has 4 heterocycles. The smallest absolute Gasteiger partial charge is 1.00 e. The van der Waals surface area contributed by atoms with Gasteiger partial charge in [-0.3, -0.25) is 9.80 Å². The van der Waals surface area contributed by atoms with Gasteiger partial charge in [-0.05, 0) is 31.2 Å². The van der Waals surface area contributed by atoms with Crippen LogP contribution in [0, 0.1) is 0 Å². The molecule has 0 atom stereocenters. The molecule has 0 saturated carbocycles. The van der Waals surface area contributed by atoms with Gasteiger partial charge in [0.2, 0.25) is 0 Å². The number of aliphatic hydroxyl groups is 1. The van der Waals surface area contributed by atoms with Crippen molar-refractivity contribution in [1.29, 1.82) is 0 Å². The quantitative estimate of drug-likeness (QED) is 0.156. The van der Waals surface area contributed by atoms with Gasteiger partial charge < -0.3 is 20.7 Å². The van der Waals surface area contributed by atoms with Crippen molar-refractivity contribution in [3.8, 4) is 21.1 Å². The molecule has 0 radical (unpaired) electrons. The van der Waals surface area contributed by atoms with Crippen LogP contribution < -0.4 is 18.9 Å². The SMILES string of the molecule is CCOC(=O)c1sc(-c2ccc(C(F)(F)F)cc2)nc1CN1CCOCC1.OCc1sc(-c2ccc(C(F)(F)F)cc2)nc1CN1CCOCC1.[AlH3].[H-].[Li+]. The van der Waals surface area contributed by atoms with Crippen molar-refractivity contribution in [1.82, 2.24) is 19.8 Å². The fraction of sp³-hybridized carbons (Fsp3) is 0.441. The van der Waals surface area contributed by atoms with Crippen LogP contribution in [0.15, 0.2) is 48.5 Å². The van der Waals surface area contributed by atoms with E-state index < -0.39 is 29.4 Å². The van der Waals surface area contributed by atoms with Crippen LogP contribution in [0.2, 0.25) is 0 Å². The normalized spacial score (nSPS) is 15.5. The predicted molar refractivity (Wildman–Crippen MR) is 190 cm³/mol. The number of morpholine rings is 2. The maximum atomic E-state index is 12.8. The third-order valence-corrected chi connectivity index (χ3v) is 10.2. The van der Waals surface area contributed by atoms with Crippen molar-refractivity contribution < 1.29 is 70.7 Å². The summed E-state index contributed by atoms with van der Waals surface area (Å²) in [5.74, 6) is -0.462. The molecule has 0 spiro atoms. The minimum Gasteiger partial charge on any atom is -1.00 e. The molecule has 2 saturated heterocycles. The summed E-state index contributed by atoms with van der Waals surface area (Å²) in [5, 5.41) is 10.7. The number of nitrogens with zero attached hydrogens (tertiary/aromatic N) is 4. The van der Waals surface area contributed by atoms with Crippen LogP contribution in [0.5, 0.6) is 0 Å². The molecule has 2 aromatic heterocycles. The van der Waals surface area contributed by atoms with Gasteiger partial charge in [0, 0.05) is 50.4 Å². The molecule has 1 N–H and O–H groups in total. The Morgan fingerprint density at radius 3 is 1.60 bits per heavy atom. The summed E-state index contributed by atoms with van der Waals surface area (Å²) in [6, 6.07) is 9.71. The van der Waals surface area contributed by atoms with Crippen molar-refractivity contribution in [2.24, 2.45) is 0 Å². The number of halogens is 6. The molecule has 2 aliphatic rings. The number of benzene rings is 2. The number of esters is 1. The Kier molecular flexibility index (Phi) is 17.5. The number of carbonyl (C=O) groups is 1. The van der Waals surface area contributed by atoms with E-state index in [-0.39, 0.29) is 50.9 Å². The molecule has 0 amide bonds. The first-order chi connectivity index (χ1) is 24.4. The molecule has 19 heteroatoms. The van der Waals surface area contributed by atoms with Gasteiger partial charge in [-0.25, -0.2) is 14.8 Å². The van der Waals surface area contributed by atoms with Gasteiger partial charge >= 0.3 is 37.2 Å². The second-order valence-corrected chi connectivity index (χ2v) is 13.6. The summed E-state index contributed by atoms with van der Waals surface area (Å²) < 4.78 is 91.9.